The Morgan fingerprint density at radius 3 is 2.42 bits per heavy atom. The second kappa shape index (κ2) is 7.61. The van der Waals surface area contributed by atoms with Gasteiger partial charge in [-0.3, -0.25) is 0 Å². The van der Waals surface area contributed by atoms with Crippen molar-refractivity contribution in [2.75, 3.05) is 0 Å². The third-order valence-electron chi connectivity index (χ3n) is 2.93. The molecule has 0 spiro atoms. The molecule has 106 valence electrons. The Morgan fingerprint density at radius 2 is 1.84 bits per heavy atom. The van der Waals surface area contributed by atoms with Crippen molar-refractivity contribution >= 4 is 13.9 Å². The highest BCUT2D eigenvalue weighted by Gasteiger charge is 2.18. The van der Waals surface area contributed by atoms with Gasteiger partial charge in [-0.2, -0.15) is 0 Å². The molecule has 0 aliphatic carbocycles. The molecule has 0 fully saturated rings. The van der Waals surface area contributed by atoms with Crippen LogP contribution in [-0.2, 0) is 16.1 Å². The van der Waals surface area contributed by atoms with Crippen LogP contribution in [0.1, 0.15) is 25.3 Å². The van der Waals surface area contributed by atoms with Gasteiger partial charge in [0.1, 0.15) is 5.78 Å². The first-order valence-electron chi connectivity index (χ1n) is 7.04. The molecule has 0 radical (unpaired) electrons. The summed E-state index contributed by atoms with van der Waals surface area (Å²) in [5, 5.41) is 0. The molecule has 0 saturated heterocycles. The summed E-state index contributed by atoms with van der Waals surface area (Å²) in [5.74, 6) is 0.398. The summed E-state index contributed by atoms with van der Waals surface area (Å²) in [7, 11) is -1.25. The van der Waals surface area contributed by atoms with Crippen molar-refractivity contribution < 1.29 is 9.53 Å². The molecule has 0 bridgehead atoms. The maximum absolute atomic E-state index is 11.8. The smallest absolute Gasteiger partial charge is 0.130 e. The van der Waals surface area contributed by atoms with Crippen LogP contribution in [0.4, 0.5) is 0 Å². The lowest BCUT2D eigenvalue weighted by Crippen LogP contribution is -2.24. The van der Waals surface area contributed by atoms with Crippen LogP contribution in [0.3, 0.4) is 0 Å². The van der Waals surface area contributed by atoms with Gasteiger partial charge in [-0.05, 0) is 18.9 Å². The van der Waals surface area contributed by atoms with Crippen LogP contribution in [-0.4, -0.2) is 20.0 Å². The van der Waals surface area contributed by atoms with Gasteiger partial charge in [-0.15, -0.1) is 0 Å². The molecule has 0 aliphatic heterocycles. The number of benzene rings is 1. The second-order valence-electron chi connectivity index (χ2n) is 6.42. The average Bonchev–Trinajstić information content (AvgIpc) is 2.33. The van der Waals surface area contributed by atoms with Crippen molar-refractivity contribution in [3.63, 3.8) is 0 Å². The van der Waals surface area contributed by atoms with E-state index in [4.69, 9.17) is 4.74 Å². The fourth-order valence-corrected chi connectivity index (χ4v) is 3.30. The summed E-state index contributed by atoms with van der Waals surface area (Å²) in [6.07, 6.45) is 1.63. The van der Waals surface area contributed by atoms with Crippen LogP contribution < -0.4 is 0 Å². The molecular weight excluding hydrogens is 252 g/mol. The van der Waals surface area contributed by atoms with Crippen LogP contribution >= 0.6 is 0 Å². The highest BCUT2D eigenvalue weighted by atomic mass is 28.3. The molecule has 3 heteroatoms. The molecule has 1 aromatic carbocycles. The average molecular weight is 278 g/mol. The van der Waals surface area contributed by atoms with E-state index < -0.39 is 8.07 Å². The summed E-state index contributed by atoms with van der Waals surface area (Å²) in [4.78, 5) is 11.8. The largest absolute Gasteiger partial charge is 0.374 e. The van der Waals surface area contributed by atoms with Crippen LogP contribution in [0.2, 0.25) is 25.7 Å². The Balaban J connectivity index is 2.21. The number of ketones is 1. The molecule has 0 aromatic heterocycles. The summed E-state index contributed by atoms with van der Waals surface area (Å²) < 4.78 is 5.77. The number of hydrogen-bond donors (Lipinski definition) is 0. The monoisotopic (exact) mass is 278 g/mol. The minimum absolute atomic E-state index is 0.144. The standard InChI is InChI=1S/C16H26O2Si/c1-14(10-11-16(17)13-19(2,3)4)18-12-15-8-6-5-7-9-15/h5-9,14H,10-13H2,1-4H3. The first-order chi connectivity index (χ1) is 8.87. The predicted molar refractivity (Wildman–Crippen MR) is 83.1 cm³/mol. The molecule has 1 unspecified atom stereocenters. The number of Topliss-reactive ketones (excluding diaryl/α,β-unsaturated/α-hetero) is 1. The Bertz CT molecular complexity index is 381. The van der Waals surface area contributed by atoms with Gasteiger partial charge in [0.15, 0.2) is 0 Å². The fraction of sp³-hybridized carbons (Fsp3) is 0.562. The number of ether oxygens (including phenoxy) is 1. The Morgan fingerprint density at radius 1 is 1.21 bits per heavy atom. The number of carbonyl (C=O) groups is 1. The summed E-state index contributed by atoms with van der Waals surface area (Å²) in [5.41, 5.74) is 1.18. The van der Waals surface area contributed by atoms with E-state index in [0.29, 0.717) is 18.8 Å². The summed E-state index contributed by atoms with van der Waals surface area (Å²) in [6, 6.07) is 10.9. The highest BCUT2D eigenvalue weighted by Crippen LogP contribution is 2.13. The van der Waals surface area contributed by atoms with Gasteiger partial charge in [-0.25, -0.2) is 0 Å². The van der Waals surface area contributed by atoms with Crippen molar-refractivity contribution in [2.45, 2.75) is 58.2 Å². The molecule has 1 atom stereocenters. The first kappa shape index (κ1) is 16.1. The van der Waals surface area contributed by atoms with Gasteiger partial charge in [0, 0.05) is 12.5 Å². The van der Waals surface area contributed by atoms with E-state index in [0.717, 1.165) is 12.5 Å². The van der Waals surface area contributed by atoms with Gasteiger partial charge < -0.3 is 9.53 Å². The Labute approximate surface area is 118 Å². The van der Waals surface area contributed by atoms with Crippen LogP contribution in [0.15, 0.2) is 30.3 Å². The van der Waals surface area contributed by atoms with Crippen molar-refractivity contribution in [2.24, 2.45) is 0 Å². The van der Waals surface area contributed by atoms with E-state index in [1.165, 1.54) is 5.56 Å². The van der Waals surface area contributed by atoms with Crippen molar-refractivity contribution in [1.82, 2.24) is 0 Å². The zero-order chi connectivity index (χ0) is 14.3. The van der Waals surface area contributed by atoms with E-state index in [1.54, 1.807) is 0 Å². The normalized spacial score (nSPS) is 13.3. The molecule has 0 N–H and O–H groups in total. The molecule has 0 amide bonds. The second-order valence-corrected chi connectivity index (χ2v) is 11.9. The lowest BCUT2D eigenvalue weighted by molar-refractivity contribution is -0.117. The zero-order valence-electron chi connectivity index (χ0n) is 12.6. The van der Waals surface area contributed by atoms with Crippen LogP contribution in [0, 0.1) is 0 Å². The highest BCUT2D eigenvalue weighted by molar-refractivity contribution is 6.78. The lowest BCUT2D eigenvalue weighted by Gasteiger charge is -2.16. The van der Waals surface area contributed by atoms with Gasteiger partial charge in [0.25, 0.3) is 0 Å². The van der Waals surface area contributed by atoms with Crippen molar-refractivity contribution in [3.05, 3.63) is 35.9 Å². The van der Waals surface area contributed by atoms with E-state index in [9.17, 15) is 4.79 Å². The van der Waals surface area contributed by atoms with Crippen LogP contribution in [0.25, 0.3) is 0 Å². The zero-order valence-corrected chi connectivity index (χ0v) is 13.6. The minimum atomic E-state index is -1.25. The third kappa shape index (κ3) is 7.96. The topological polar surface area (TPSA) is 26.3 Å². The van der Waals surface area contributed by atoms with E-state index in [1.807, 2.05) is 25.1 Å². The molecule has 2 nitrogen and oxygen atoms in total. The van der Waals surface area contributed by atoms with E-state index in [-0.39, 0.29) is 6.10 Å². The maximum Gasteiger partial charge on any atom is 0.130 e. The Hall–Kier alpha value is -0.933. The molecule has 0 saturated carbocycles. The van der Waals surface area contributed by atoms with Crippen molar-refractivity contribution in [3.8, 4) is 0 Å². The van der Waals surface area contributed by atoms with Gasteiger partial charge in [0.05, 0.1) is 20.8 Å². The molecule has 1 rings (SSSR count). The third-order valence-corrected chi connectivity index (χ3v) is 4.39. The summed E-state index contributed by atoms with van der Waals surface area (Å²) in [6.45, 7) is 9.38. The van der Waals surface area contributed by atoms with Gasteiger partial charge in [-0.1, -0.05) is 50.0 Å². The molecule has 0 aliphatic rings. The first-order valence-corrected chi connectivity index (χ1v) is 10.7. The SMILES string of the molecule is CC(CCC(=O)C[Si](C)(C)C)OCc1ccccc1. The minimum Gasteiger partial charge on any atom is -0.374 e. The quantitative estimate of drug-likeness (QED) is 0.663. The Kier molecular flexibility index (Phi) is 6.45. The molecule has 19 heavy (non-hydrogen) atoms. The fourth-order valence-electron chi connectivity index (χ4n) is 1.94. The van der Waals surface area contributed by atoms with E-state index in [2.05, 4.69) is 31.8 Å². The van der Waals surface area contributed by atoms with Crippen molar-refractivity contribution in [1.29, 1.82) is 0 Å². The number of carbonyl (C=O) groups excluding carboxylic acids is 1. The van der Waals surface area contributed by atoms with Gasteiger partial charge >= 0.3 is 0 Å². The summed E-state index contributed by atoms with van der Waals surface area (Å²) >= 11 is 0. The predicted octanol–water partition coefficient (Wildman–Crippen LogP) is 4.28. The lowest BCUT2D eigenvalue weighted by atomic mass is 10.1. The van der Waals surface area contributed by atoms with Crippen LogP contribution in [0.5, 0.6) is 0 Å². The molecule has 0 heterocycles. The number of rotatable bonds is 8. The molecular formula is C16H26O2Si. The van der Waals surface area contributed by atoms with E-state index >= 15 is 0 Å². The van der Waals surface area contributed by atoms with Gasteiger partial charge in [0.2, 0.25) is 0 Å². The molecule has 1 aromatic rings. The maximum atomic E-state index is 11.8. The number of hydrogen-bond acceptors (Lipinski definition) is 2.